The summed E-state index contributed by atoms with van der Waals surface area (Å²) in [5, 5.41) is 9.72. The van der Waals surface area contributed by atoms with E-state index in [4.69, 9.17) is 15.0 Å². The molecule has 64 heavy (non-hydrogen) atoms. The summed E-state index contributed by atoms with van der Waals surface area (Å²) in [6.07, 6.45) is 0. The normalized spacial score (nSPS) is 11.8. The van der Waals surface area contributed by atoms with Gasteiger partial charge < -0.3 is 4.57 Å². The standard InChI is InChI=1S/C59H36N4S/c1-2-14-37(15-3-1)39-30-33-51(54(36-39)63-52-25-9-6-20-47(52)48-21-7-10-26-53(48)63)59-61-57(60-58(62-59)43-31-32-45-41(35-43)29-28-38-16-4-5-19-44(38)45)42-18-12-17-40(34-42)46-23-13-24-50-49-22-8-11-27-55(49)64-56(46)50/h1-36H. The van der Waals surface area contributed by atoms with Crippen LogP contribution in [0.4, 0.5) is 0 Å². The summed E-state index contributed by atoms with van der Waals surface area (Å²) in [7, 11) is 0. The predicted molar refractivity (Wildman–Crippen MR) is 269 cm³/mol. The van der Waals surface area contributed by atoms with Crippen LogP contribution in [0.15, 0.2) is 218 Å². The molecule has 0 amide bonds. The third-order valence-corrected chi connectivity index (χ3v) is 13.9. The second-order valence-corrected chi connectivity index (χ2v) is 17.4. The summed E-state index contributed by atoms with van der Waals surface area (Å²) in [5.74, 6) is 1.84. The predicted octanol–water partition coefficient (Wildman–Crippen LogP) is 16.0. The molecular formula is C59H36N4S. The first-order chi connectivity index (χ1) is 31.7. The number of para-hydroxylation sites is 2. The van der Waals surface area contributed by atoms with Crippen LogP contribution < -0.4 is 0 Å². The molecule has 0 N–H and O–H groups in total. The fourth-order valence-corrected chi connectivity index (χ4v) is 10.8. The number of nitrogens with zero attached hydrogens (tertiary/aromatic N) is 4. The number of benzene rings is 10. The molecule has 0 bridgehead atoms. The molecule has 0 radical (unpaired) electrons. The molecule has 0 fully saturated rings. The molecule has 13 aromatic rings. The van der Waals surface area contributed by atoms with Crippen molar-refractivity contribution in [1.29, 1.82) is 0 Å². The average Bonchev–Trinajstić information content (AvgIpc) is 3.92. The van der Waals surface area contributed by atoms with Gasteiger partial charge in [-0.1, -0.05) is 176 Å². The lowest BCUT2D eigenvalue weighted by molar-refractivity contribution is 1.07. The van der Waals surface area contributed by atoms with Gasteiger partial charge >= 0.3 is 0 Å². The van der Waals surface area contributed by atoms with E-state index in [1.165, 1.54) is 52.7 Å². The van der Waals surface area contributed by atoms with Gasteiger partial charge in [-0.2, -0.15) is 0 Å². The quantitative estimate of drug-likeness (QED) is 0.157. The van der Waals surface area contributed by atoms with Gasteiger partial charge in [0, 0.05) is 47.6 Å². The van der Waals surface area contributed by atoms with Crippen molar-refractivity contribution < 1.29 is 0 Å². The second kappa shape index (κ2) is 14.7. The van der Waals surface area contributed by atoms with E-state index in [0.29, 0.717) is 17.5 Å². The Labute approximate surface area is 373 Å². The Balaban J connectivity index is 1.06. The second-order valence-electron chi connectivity index (χ2n) is 16.4. The minimum absolute atomic E-state index is 0.604. The highest BCUT2D eigenvalue weighted by Gasteiger charge is 2.21. The van der Waals surface area contributed by atoms with E-state index in [1.54, 1.807) is 0 Å². The van der Waals surface area contributed by atoms with E-state index in [0.717, 1.165) is 55.5 Å². The molecule has 4 nitrogen and oxygen atoms in total. The zero-order chi connectivity index (χ0) is 42.1. The Morgan fingerprint density at radius 1 is 0.312 bits per heavy atom. The molecule has 0 aliphatic carbocycles. The number of rotatable bonds is 6. The van der Waals surface area contributed by atoms with E-state index in [2.05, 4.69) is 223 Å². The summed E-state index contributed by atoms with van der Waals surface area (Å²) >= 11 is 1.84. The lowest BCUT2D eigenvalue weighted by Gasteiger charge is -2.17. The summed E-state index contributed by atoms with van der Waals surface area (Å²) in [5.41, 5.74) is 10.6. The molecule has 3 aromatic heterocycles. The molecule has 13 rings (SSSR count). The minimum atomic E-state index is 0.604. The lowest BCUT2D eigenvalue weighted by Crippen LogP contribution is -2.04. The third-order valence-electron chi connectivity index (χ3n) is 12.6. The van der Waals surface area contributed by atoms with Crippen LogP contribution in [0.5, 0.6) is 0 Å². The molecule has 10 aromatic carbocycles. The lowest BCUT2D eigenvalue weighted by atomic mass is 9.99. The molecule has 5 heteroatoms. The zero-order valence-electron chi connectivity index (χ0n) is 34.5. The highest BCUT2D eigenvalue weighted by Crippen LogP contribution is 2.42. The maximum Gasteiger partial charge on any atom is 0.166 e. The van der Waals surface area contributed by atoms with Gasteiger partial charge in [-0.15, -0.1) is 11.3 Å². The molecule has 0 atom stereocenters. The van der Waals surface area contributed by atoms with Crippen LogP contribution in [-0.4, -0.2) is 19.5 Å². The van der Waals surface area contributed by atoms with Crippen LogP contribution in [0.3, 0.4) is 0 Å². The molecule has 0 saturated carbocycles. The molecular weight excluding hydrogens is 797 g/mol. The van der Waals surface area contributed by atoms with Gasteiger partial charge in [-0.25, -0.2) is 15.0 Å². The van der Waals surface area contributed by atoms with Crippen molar-refractivity contribution in [3.05, 3.63) is 218 Å². The topological polar surface area (TPSA) is 43.6 Å². The smallest absolute Gasteiger partial charge is 0.166 e. The Morgan fingerprint density at radius 2 is 0.891 bits per heavy atom. The van der Waals surface area contributed by atoms with Crippen molar-refractivity contribution >= 4 is 74.9 Å². The van der Waals surface area contributed by atoms with Gasteiger partial charge in [-0.05, 0) is 86.3 Å². The van der Waals surface area contributed by atoms with Gasteiger partial charge in [0.1, 0.15) is 0 Å². The van der Waals surface area contributed by atoms with E-state index >= 15 is 0 Å². The third kappa shape index (κ3) is 5.93. The fourth-order valence-electron chi connectivity index (χ4n) is 9.61. The van der Waals surface area contributed by atoms with Crippen LogP contribution in [0.25, 0.3) is 126 Å². The number of hydrogen-bond acceptors (Lipinski definition) is 4. The van der Waals surface area contributed by atoms with Crippen LogP contribution >= 0.6 is 11.3 Å². The first-order valence-electron chi connectivity index (χ1n) is 21.6. The summed E-state index contributed by atoms with van der Waals surface area (Å²) in [4.78, 5) is 16.2. The van der Waals surface area contributed by atoms with Crippen LogP contribution in [-0.2, 0) is 0 Å². The number of hydrogen-bond donors (Lipinski definition) is 0. The van der Waals surface area contributed by atoms with Crippen molar-refractivity contribution in [3.8, 4) is 62.1 Å². The molecule has 3 heterocycles. The largest absolute Gasteiger partial charge is 0.308 e. The Hall–Kier alpha value is -8.25. The van der Waals surface area contributed by atoms with E-state index in [9.17, 15) is 0 Å². The monoisotopic (exact) mass is 832 g/mol. The number of thiophene rings is 1. The first-order valence-corrected chi connectivity index (χ1v) is 22.4. The Kier molecular flexibility index (Phi) is 8.36. The van der Waals surface area contributed by atoms with Crippen molar-refractivity contribution in [1.82, 2.24) is 19.5 Å². The highest BCUT2D eigenvalue weighted by molar-refractivity contribution is 7.26. The molecule has 0 aliphatic heterocycles. The van der Waals surface area contributed by atoms with Crippen LogP contribution in [0.2, 0.25) is 0 Å². The van der Waals surface area contributed by atoms with E-state index in [1.807, 2.05) is 11.3 Å². The SMILES string of the molecule is c1ccc(-c2ccc(-c3nc(-c4cccc(-c5cccc6c5sc5ccccc56)c4)nc(-c4ccc5c(ccc6ccccc65)c4)n3)c(-n3c4ccccc4c4ccccc43)c2)cc1. The van der Waals surface area contributed by atoms with Gasteiger partial charge in [0.25, 0.3) is 0 Å². The molecule has 298 valence electrons. The Bertz CT molecular complexity index is 3920. The van der Waals surface area contributed by atoms with E-state index in [-0.39, 0.29) is 0 Å². The first kappa shape index (κ1) is 36.4. The van der Waals surface area contributed by atoms with Crippen LogP contribution in [0.1, 0.15) is 0 Å². The molecule has 0 unspecified atom stereocenters. The van der Waals surface area contributed by atoms with Gasteiger partial charge in [0.05, 0.1) is 16.7 Å². The van der Waals surface area contributed by atoms with Gasteiger partial charge in [0.2, 0.25) is 0 Å². The summed E-state index contributed by atoms with van der Waals surface area (Å²) in [6.45, 7) is 0. The Morgan fingerprint density at radius 3 is 1.70 bits per heavy atom. The molecule has 0 saturated heterocycles. The summed E-state index contributed by atoms with van der Waals surface area (Å²) < 4.78 is 4.94. The fraction of sp³-hybridized carbons (Fsp3) is 0. The maximum absolute atomic E-state index is 5.43. The minimum Gasteiger partial charge on any atom is -0.308 e. The van der Waals surface area contributed by atoms with Crippen molar-refractivity contribution in [2.24, 2.45) is 0 Å². The number of aromatic nitrogens is 4. The van der Waals surface area contributed by atoms with Crippen LogP contribution in [0, 0.1) is 0 Å². The number of fused-ring (bicyclic) bond motifs is 9. The summed E-state index contributed by atoms with van der Waals surface area (Å²) in [6, 6.07) is 78.1. The molecule has 0 aliphatic rings. The zero-order valence-corrected chi connectivity index (χ0v) is 35.3. The van der Waals surface area contributed by atoms with E-state index < -0.39 is 0 Å². The van der Waals surface area contributed by atoms with Crippen molar-refractivity contribution in [3.63, 3.8) is 0 Å². The van der Waals surface area contributed by atoms with Crippen molar-refractivity contribution in [2.75, 3.05) is 0 Å². The maximum atomic E-state index is 5.43. The van der Waals surface area contributed by atoms with Crippen molar-refractivity contribution in [2.45, 2.75) is 0 Å². The highest BCUT2D eigenvalue weighted by atomic mass is 32.1. The molecule has 0 spiro atoms. The van der Waals surface area contributed by atoms with Gasteiger partial charge in [-0.3, -0.25) is 0 Å². The van der Waals surface area contributed by atoms with Gasteiger partial charge in [0.15, 0.2) is 17.5 Å². The average molecular weight is 833 g/mol.